The number of nitrogens with zero attached hydrogens (tertiary/aromatic N) is 1. The summed E-state index contributed by atoms with van der Waals surface area (Å²) >= 11 is 5.43. The van der Waals surface area contributed by atoms with Crippen LogP contribution in [0.3, 0.4) is 0 Å². The van der Waals surface area contributed by atoms with Gasteiger partial charge in [0.2, 0.25) is 17.7 Å². The number of hydrogen-bond acceptors (Lipinski definition) is 5. The van der Waals surface area contributed by atoms with Crippen molar-refractivity contribution in [1.29, 1.82) is 0 Å². The van der Waals surface area contributed by atoms with Gasteiger partial charge in [0.15, 0.2) is 0 Å². The van der Waals surface area contributed by atoms with E-state index in [4.69, 9.17) is 0 Å². The first-order valence-corrected chi connectivity index (χ1v) is 14.6. The quantitative estimate of drug-likeness (QED) is 0.294. The third-order valence-corrected chi connectivity index (χ3v) is 11.0. The lowest BCUT2D eigenvalue weighted by Crippen LogP contribution is -2.54. The molecule has 1 spiro atoms. The van der Waals surface area contributed by atoms with E-state index in [9.17, 15) is 19.5 Å². The first-order chi connectivity index (χ1) is 18.0. The molecule has 3 aliphatic heterocycles. The smallest absolute Gasteiger partial charge is 0.244 e. The van der Waals surface area contributed by atoms with E-state index >= 15 is 0 Å². The monoisotopic (exact) mass is 585 g/mol. The van der Waals surface area contributed by atoms with Gasteiger partial charge in [-0.1, -0.05) is 76.6 Å². The van der Waals surface area contributed by atoms with E-state index in [-0.39, 0.29) is 34.4 Å². The van der Waals surface area contributed by atoms with Crippen LogP contribution in [0.1, 0.15) is 30.4 Å². The van der Waals surface area contributed by atoms with Crippen molar-refractivity contribution in [3.05, 3.63) is 71.8 Å². The number of benzene rings is 2. The summed E-state index contributed by atoms with van der Waals surface area (Å²) in [5.74, 6) is -1.49. The van der Waals surface area contributed by atoms with Crippen LogP contribution >= 0.6 is 27.7 Å². The number of unbranched alkanes of at least 4 members (excludes halogenated alkanes) is 1. The third-order valence-electron chi connectivity index (χ3n) is 7.77. The molecule has 3 heterocycles. The van der Waals surface area contributed by atoms with Gasteiger partial charge < -0.3 is 20.6 Å². The van der Waals surface area contributed by atoms with E-state index in [0.29, 0.717) is 38.9 Å². The maximum Gasteiger partial charge on any atom is 0.244 e. The Balaban J connectivity index is 1.40. The number of rotatable bonds is 10. The van der Waals surface area contributed by atoms with Crippen molar-refractivity contribution in [2.75, 3.05) is 13.2 Å². The standard InChI is InChI=1S/C28H32BrN3O4S/c29-20-15-28-22(21(23(20)37-28)25(34)30-16-18-9-3-1-4-10-18)27(36)32(13-7-8-14-33)24(28)26(35)31-17-19-11-5-2-6-12-19/h1-6,9-12,20-24,33H,7-8,13-17H2,(H,30,34)(H,31,35)/t20?,21-,22-,23-,24?,28?/m0/s1. The zero-order chi connectivity index (χ0) is 26.0. The lowest BCUT2D eigenvalue weighted by Gasteiger charge is -2.35. The number of fused-ring (bicyclic) bond motifs is 1. The molecule has 0 aliphatic carbocycles. The van der Waals surface area contributed by atoms with Gasteiger partial charge in [0.05, 0.1) is 16.6 Å². The minimum absolute atomic E-state index is 0.0340. The minimum Gasteiger partial charge on any atom is -0.396 e. The number of amides is 3. The highest BCUT2D eigenvalue weighted by atomic mass is 79.9. The molecule has 0 radical (unpaired) electrons. The van der Waals surface area contributed by atoms with E-state index in [1.165, 1.54) is 0 Å². The minimum atomic E-state index is -0.662. The molecule has 7 nitrogen and oxygen atoms in total. The fraction of sp³-hybridized carbons (Fsp3) is 0.464. The summed E-state index contributed by atoms with van der Waals surface area (Å²) in [4.78, 5) is 42.9. The maximum absolute atomic E-state index is 13.9. The number of likely N-dealkylation sites (tertiary alicyclic amines) is 1. The first-order valence-electron chi connectivity index (χ1n) is 12.8. The largest absolute Gasteiger partial charge is 0.396 e. The maximum atomic E-state index is 13.9. The predicted octanol–water partition coefficient (Wildman–Crippen LogP) is 2.86. The summed E-state index contributed by atoms with van der Waals surface area (Å²) in [6, 6.07) is 18.8. The van der Waals surface area contributed by atoms with E-state index in [1.54, 1.807) is 16.7 Å². The van der Waals surface area contributed by atoms with Gasteiger partial charge in [-0.25, -0.2) is 0 Å². The average Bonchev–Trinajstić information content (AvgIpc) is 3.51. The second kappa shape index (κ2) is 11.2. The zero-order valence-electron chi connectivity index (χ0n) is 20.5. The highest BCUT2D eigenvalue weighted by Crippen LogP contribution is 2.67. The molecular formula is C28H32BrN3O4S. The SMILES string of the molecule is O=C(NCc1ccccc1)C1N(CCCCO)C(=O)[C@@H]2[C@H](C(=O)NCc3ccccc3)[C@H]3SC12CC3Br. The summed E-state index contributed by atoms with van der Waals surface area (Å²) in [7, 11) is 0. The predicted molar refractivity (Wildman–Crippen MR) is 147 cm³/mol. The lowest BCUT2D eigenvalue weighted by molar-refractivity contribution is -0.140. The molecule has 0 saturated carbocycles. The van der Waals surface area contributed by atoms with Gasteiger partial charge in [0.1, 0.15) is 6.04 Å². The number of hydrogen-bond donors (Lipinski definition) is 3. The molecule has 3 N–H and O–H groups in total. The Morgan fingerprint density at radius 2 is 1.57 bits per heavy atom. The van der Waals surface area contributed by atoms with Crippen molar-refractivity contribution < 1.29 is 19.5 Å². The van der Waals surface area contributed by atoms with Crippen LogP contribution < -0.4 is 10.6 Å². The summed E-state index contributed by atoms with van der Waals surface area (Å²) < 4.78 is -0.662. The third kappa shape index (κ3) is 4.93. The number of thioether (sulfide) groups is 1. The van der Waals surface area contributed by atoms with Crippen molar-refractivity contribution in [2.24, 2.45) is 11.8 Å². The van der Waals surface area contributed by atoms with Crippen molar-refractivity contribution in [3.63, 3.8) is 0 Å². The molecular weight excluding hydrogens is 554 g/mol. The molecule has 2 aromatic rings. The fourth-order valence-electron chi connectivity index (χ4n) is 6.15. The Kier molecular flexibility index (Phi) is 7.93. The Bertz CT molecular complexity index is 1140. The van der Waals surface area contributed by atoms with Crippen molar-refractivity contribution in [3.8, 4) is 0 Å². The van der Waals surface area contributed by atoms with Gasteiger partial charge in [-0.3, -0.25) is 14.4 Å². The van der Waals surface area contributed by atoms with Crippen LogP contribution in [0.15, 0.2) is 60.7 Å². The van der Waals surface area contributed by atoms with Crippen molar-refractivity contribution in [1.82, 2.24) is 15.5 Å². The van der Waals surface area contributed by atoms with Gasteiger partial charge in [0, 0.05) is 36.3 Å². The van der Waals surface area contributed by atoms with Gasteiger partial charge in [-0.05, 0) is 30.4 Å². The highest BCUT2D eigenvalue weighted by molar-refractivity contribution is 9.09. The summed E-state index contributed by atoms with van der Waals surface area (Å²) in [5.41, 5.74) is 1.99. The van der Waals surface area contributed by atoms with E-state index in [1.807, 2.05) is 60.7 Å². The molecule has 0 aromatic heterocycles. The number of aliphatic hydroxyl groups excluding tert-OH is 1. The number of nitrogens with one attached hydrogen (secondary N) is 2. The summed E-state index contributed by atoms with van der Waals surface area (Å²) in [6.45, 7) is 1.20. The summed E-state index contributed by atoms with van der Waals surface area (Å²) in [6.07, 6.45) is 1.81. The van der Waals surface area contributed by atoms with Gasteiger partial charge in [-0.15, -0.1) is 11.8 Å². The lowest BCUT2D eigenvalue weighted by atomic mass is 9.70. The number of carbonyl (C=O) groups excluding carboxylic acids is 3. The second-order valence-electron chi connectivity index (χ2n) is 10.0. The van der Waals surface area contributed by atoms with Crippen LogP contribution in [0.5, 0.6) is 0 Å². The molecule has 3 unspecified atom stereocenters. The topological polar surface area (TPSA) is 98.7 Å². The molecule has 196 valence electrons. The van der Waals surface area contributed by atoms with E-state index in [2.05, 4.69) is 26.6 Å². The number of carbonyl (C=O) groups is 3. The average molecular weight is 587 g/mol. The molecule has 3 aliphatic rings. The molecule has 3 saturated heterocycles. The van der Waals surface area contributed by atoms with Crippen LogP contribution in [-0.4, -0.2) is 61.7 Å². The van der Waals surface area contributed by atoms with E-state index < -0.39 is 22.6 Å². The second-order valence-corrected chi connectivity index (χ2v) is 12.7. The van der Waals surface area contributed by atoms with Gasteiger partial charge in [0.25, 0.3) is 0 Å². The van der Waals surface area contributed by atoms with Gasteiger partial charge >= 0.3 is 0 Å². The molecule has 37 heavy (non-hydrogen) atoms. The normalized spacial score (nSPS) is 29.8. The number of halogens is 1. The van der Waals surface area contributed by atoms with Crippen LogP contribution in [0.4, 0.5) is 0 Å². The molecule has 2 bridgehead atoms. The van der Waals surface area contributed by atoms with Gasteiger partial charge in [-0.2, -0.15) is 0 Å². The van der Waals surface area contributed by atoms with Crippen LogP contribution in [0, 0.1) is 11.8 Å². The van der Waals surface area contributed by atoms with Crippen LogP contribution in [0.25, 0.3) is 0 Å². The first kappa shape index (κ1) is 26.3. The molecule has 5 rings (SSSR count). The molecule has 6 atom stereocenters. The van der Waals surface area contributed by atoms with Crippen molar-refractivity contribution in [2.45, 2.75) is 53.2 Å². The Hall–Kier alpha value is -2.36. The van der Waals surface area contributed by atoms with Crippen LogP contribution in [-0.2, 0) is 27.5 Å². The fourth-order valence-corrected chi connectivity index (χ4v) is 9.76. The Morgan fingerprint density at radius 1 is 0.973 bits per heavy atom. The van der Waals surface area contributed by atoms with E-state index in [0.717, 1.165) is 11.1 Å². The summed E-state index contributed by atoms with van der Waals surface area (Å²) in [5, 5.41) is 15.4. The van der Waals surface area contributed by atoms with Crippen molar-refractivity contribution >= 4 is 45.4 Å². The molecule has 3 amide bonds. The zero-order valence-corrected chi connectivity index (χ0v) is 22.9. The number of alkyl halides is 1. The molecule has 2 aromatic carbocycles. The Labute approximate surface area is 229 Å². The van der Waals surface area contributed by atoms with Crippen LogP contribution in [0.2, 0.25) is 0 Å². The number of aliphatic hydroxyl groups is 1. The Morgan fingerprint density at radius 3 is 2.16 bits per heavy atom. The highest BCUT2D eigenvalue weighted by Gasteiger charge is 2.75. The molecule has 3 fully saturated rings. The molecule has 9 heteroatoms.